The van der Waals surface area contributed by atoms with Gasteiger partial charge in [0.15, 0.2) is 10.8 Å². The third-order valence-corrected chi connectivity index (χ3v) is 6.26. The highest BCUT2D eigenvalue weighted by Crippen LogP contribution is 2.23. The summed E-state index contributed by atoms with van der Waals surface area (Å²) in [5.41, 5.74) is 1.18. The summed E-state index contributed by atoms with van der Waals surface area (Å²) in [6.45, 7) is 1.65. The number of nitrogens with one attached hydrogen (secondary N) is 2. The maximum absolute atomic E-state index is 14.5. The van der Waals surface area contributed by atoms with E-state index in [1.165, 1.54) is 43.7 Å². The van der Waals surface area contributed by atoms with Crippen LogP contribution in [0.1, 0.15) is 34.6 Å². The average molecular weight is 515 g/mol. The molecule has 11 heteroatoms. The zero-order chi connectivity index (χ0) is 26.2. The number of esters is 1. The molecule has 3 amide bonds. The van der Waals surface area contributed by atoms with E-state index in [1.54, 1.807) is 13.0 Å². The molecule has 0 aliphatic rings. The number of rotatable bonds is 9. The molecule has 0 fully saturated rings. The number of amides is 3. The van der Waals surface area contributed by atoms with E-state index in [4.69, 9.17) is 4.74 Å². The Labute approximate surface area is 212 Å². The molecule has 9 nitrogen and oxygen atoms in total. The van der Waals surface area contributed by atoms with Crippen LogP contribution in [0, 0.1) is 5.82 Å². The summed E-state index contributed by atoms with van der Waals surface area (Å²) in [5.74, 6) is -1.27. The zero-order valence-electron chi connectivity index (χ0n) is 20.3. The molecule has 0 bridgehead atoms. The largest absolute Gasteiger partial charge is 0.497 e. The molecular weight excluding hydrogens is 487 g/mol. The van der Waals surface area contributed by atoms with Gasteiger partial charge in [-0.15, -0.1) is 11.3 Å². The van der Waals surface area contributed by atoms with Crippen LogP contribution in [-0.2, 0) is 16.0 Å². The lowest BCUT2D eigenvalue weighted by atomic mass is 10.0. The first kappa shape index (κ1) is 26.6. The number of hydrogen-bond donors (Lipinski definition) is 2. The second-order valence-electron chi connectivity index (χ2n) is 7.89. The van der Waals surface area contributed by atoms with Crippen molar-refractivity contribution in [3.05, 3.63) is 76.5 Å². The molecule has 2 atom stereocenters. The molecule has 1 aromatic heterocycles. The fraction of sp³-hybridized carbons (Fsp3) is 0.280. The number of urea groups is 1. The van der Waals surface area contributed by atoms with Crippen molar-refractivity contribution in [1.29, 1.82) is 0 Å². The zero-order valence-corrected chi connectivity index (χ0v) is 21.1. The van der Waals surface area contributed by atoms with Crippen molar-refractivity contribution in [2.24, 2.45) is 0 Å². The van der Waals surface area contributed by atoms with Gasteiger partial charge in [0.05, 0.1) is 20.3 Å². The van der Waals surface area contributed by atoms with E-state index < -0.39 is 35.8 Å². The van der Waals surface area contributed by atoms with Gasteiger partial charge in [0.1, 0.15) is 17.6 Å². The Morgan fingerprint density at radius 1 is 1.14 bits per heavy atom. The van der Waals surface area contributed by atoms with Crippen LogP contribution in [-0.4, -0.2) is 55.1 Å². The van der Waals surface area contributed by atoms with Crippen molar-refractivity contribution in [1.82, 2.24) is 15.2 Å². The lowest BCUT2D eigenvalue weighted by Crippen LogP contribution is -2.50. The van der Waals surface area contributed by atoms with Gasteiger partial charge in [-0.05, 0) is 18.6 Å². The minimum absolute atomic E-state index is 0.0684. The van der Waals surface area contributed by atoms with E-state index in [0.29, 0.717) is 5.75 Å². The first-order valence-corrected chi connectivity index (χ1v) is 11.9. The van der Waals surface area contributed by atoms with Gasteiger partial charge in [0.2, 0.25) is 5.91 Å². The number of ether oxygens (including phenoxy) is 2. The maximum Gasteiger partial charge on any atom is 0.357 e. The Balaban J connectivity index is 1.77. The average Bonchev–Trinajstić information content (AvgIpc) is 3.35. The number of carbonyl (C=O) groups excluding carboxylic acids is 3. The highest BCUT2D eigenvalue weighted by atomic mass is 32.1. The summed E-state index contributed by atoms with van der Waals surface area (Å²) < 4.78 is 24.2. The van der Waals surface area contributed by atoms with Crippen molar-refractivity contribution in [3.8, 4) is 5.75 Å². The van der Waals surface area contributed by atoms with Crippen LogP contribution in [0.5, 0.6) is 5.75 Å². The molecule has 0 spiro atoms. The SMILES string of the molecule is COC(=O)c1csc(NC(=O)C(Cc2ccccc2)N(C)C(=O)NC(C)c2ccc(OC)cc2F)n1. The van der Waals surface area contributed by atoms with E-state index in [0.717, 1.165) is 16.9 Å². The first-order valence-electron chi connectivity index (χ1n) is 11.0. The molecule has 36 heavy (non-hydrogen) atoms. The molecule has 0 saturated carbocycles. The monoisotopic (exact) mass is 514 g/mol. The van der Waals surface area contributed by atoms with Crippen LogP contribution < -0.4 is 15.4 Å². The number of halogens is 1. The van der Waals surface area contributed by atoms with Crippen LogP contribution in [0.2, 0.25) is 0 Å². The molecule has 3 aromatic rings. The van der Waals surface area contributed by atoms with Crippen LogP contribution in [0.15, 0.2) is 53.9 Å². The van der Waals surface area contributed by atoms with Crippen molar-refractivity contribution in [2.45, 2.75) is 25.4 Å². The third kappa shape index (κ3) is 6.57. The predicted molar refractivity (Wildman–Crippen MR) is 134 cm³/mol. The lowest BCUT2D eigenvalue weighted by Gasteiger charge is -2.29. The molecule has 0 radical (unpaired) electrons. The van der Waals surface area contributed by atoms with Crippen LogP contribution in [0.4, 0.5) is 14.3 Å². The summed E-state index contributed by atoms with van der Waals surface area (Å²) in [6.07, 6.45) is 0.219. The summed E-state index contributed by atoms with van der Waals surface area (Å²) in [5, 5.41) is 7.07. The molecular formula is C25H27FN4O5S. The number of likely N-dealkylation sites (N-methyl/N-ethyl adjacent to an activating group) is 1. The van der Waals surface area contributed by atoms with E-state index in [-0.39, 0.29) is 22.8 Å². The normalized spacial score (nSPS) is 12.2. The number of hydrogen-bond acceptors (Lipinski definition) is 7. The number of aromatic nitrogens is 1. The van der Waals surface area contributed by atoms with E-state index in [2.05, 4.69) is 20.4 Å². The molecule has 0 saturated heterocycles. The minimum Gasteiger partial charge on any atom is -0.497 e. The Kier molecular flexibility index (Phi) is 8.96. The van der Waals surface area contributed by atoms with Crippen LogP contribution in [0.3, 0.4) is 0 Å². The van der Waals surface area contributed by atoms with Crippen LogP contribution in [0.25, 0.3) is 0 Å². The molecule has 2 unspecified atom stereocenters. The predicted octanol–water partition coefficient (Wildman–Crippen LogP) is 4.03. The van der Waals surface area contributed by atoms with E-state index in [9.17, 15) is 18.8 Å². The molecule has 3 rings (SSSR count). The fourth-order valence-corrected chi connectivity index (χ4v) is 4.14. The number of thiazole rings is 1. The highest BCUT2D eigenvalue weighted by molar-refractivity contribution is 7.14. The Hall–Kier alpha value is -3.99. The van der Waals surface area contributed by atoms with Gasteiger partial charge in [-0.3, -0.25) is 4.79 Å². The second kappa shape index (κ2) is 12.1. The van der Waals surface area contributed by atoms with Crippen molar-refractivity contribution in [3.63, 3.8) is 0 Å². The number of nitrogens with zero attached hydrogens (tertiary/aromatic N) is 2. The fourth-order valence-electron chi connectivity index (χ4n) is 3.45. The first-order chi connectivity index (χ1) is 17.2. The summed E-state index contributed by atoms with van der Waals surface area (Å²) in [6, 6.07) is 11.4. The third-order valence-electron chi connectivity index (χ3n) is 5.51. The molecule has 1 heterocycles. The van der Waals surface area contributed by atoms with Crippen molar-refractivity contribution < 1.29 is 28.2 Å². The number of methoxy groups -OCH3 is 2. The smallest absolute Gasteiger partial charge is 0.357 e. The summed E-state index contributed by atoms with van der Waals surface area (Å²) >= 11 is 1.06. The second-order valence-corrected chi connectivity index (χ2v) is 8.75. The van der Waals surface area contributed by atoms with Gasteiger partial charge in [-0.25, -0.2) is 19.0 Å². The van der Waals surface area contributed by atoms with Crippen molar-refractivity contribution in [2.75, 3.05) is 26.6 Å². The quantitative estimate of drug-likeness (QED) is 0.417. The Bertz CT molecular complexity index is 1220. The molecule has 2 N–H and O–H groups in total. The topological polar surface area (TPSA) is 110 Å². The van der Waals surface area contributed by atoms with E-state index in [1.807, 2.05) is 30.3 Å². The number of benzene rings is 2. The van der Waals surface area contributed by atoms with Crippen molar-refractivity contribution >= 4 is 34.4 Å². The molecule has 0 aliphatic heterocycles. The van der Waals surface area contributed by atoms with Gasteiger partial charge in [0, 0.05) is 30.5 Å². The summed E-state index contributed by atoms with van der Waals surface area (Å²) in [7, 11) is 4.16. The molecule has 2 aromatic carbocycles. The van der Waals surface area contributed by atoms with Gasteiger partial charge in [-0.2, -0.15) is 0 Å². The van der Waals surface area contributed by atoms with Gasteiger partial charge >= 0.3 is 12.0 Å². The molecule has 0 aliphatic carbocycles. The van der Waals surface area contributed by atoms with Gasteiger partial charge in [0.25, 0.3) is 0 Å². The summed E-state index contributed by atoms with van der Waals surface area (Å²) in [4.78, 5) is 43.3. The van der Waals surface area contributed by atoms with E-state index >= 15 is 0 Å². The molecule has 190 valence electrons. The van der Waals surface area contributed by atoms with Crippen LogP contribution >= 0.6 is 11.3 Å². The van der Waals surface area contributed by atoms with Gasteiger partial charge in [-0.1, -0.05) is 36.4 Å². The Morgan fingerprint density at radius 2 is 1.86 bits per heavy atom. The lowest BCUT2D eigenvalue weighted by molar-refractivity contribution is -0.120. The standard InChI is InChI=1S/C25H27FN4O5S/c1-15(18-11-10-17(34-3)13-19(18)26)27-25(33)30(2)21(12-16-8-6-5-7-9-16)22(31)29-24-28-20(14-36-24)23(32)35-4/h5-11,13-15,21H,12H2,1-4H3,(H,27,33)(H,28,29,31). The number of carbonyl (C=O) groups is 3. The minimum atomic E-state index is -0.925. The maximum atomic E-state index is 14.5. The van der Waals surface area contributed by atoms with Gasteiger partial charge < -0.3 is 25.0 Å². The highest BCUT2D eigenvalue weighted by Gasteiger charge is 2.29. The number of anilines is 1. The Morgan fingerprint density at radius 3 is 2.50 bits per heavy atom.